The first-order chi connectivity index (χ1) is 14.2. The van der Waals surface area contributed by atoms with Crippen LogP contribution in [0.4, 0.5) is 5.69 Å². The van der Waals surface area contributed by atoms with Gasteiger partial charge in [-0.2, -0.15) is 0 Å². The van der Waals surface area contributed by atoms with Gasteiger partial charge in [-0.3, -0.25) is 4.79 Å². The molecule has 0 saturated carbocycles. The highest BCUT2D eigenvalue weighted by molar-refractivity contribution is 7.89. The average Bonchev–Trinajstić information content (AvgIpc) is 2.98. The first-order valence-electron chi connectivity index (χ1n) is 9.47. The van der Waals surface area contributed by atoms with E-state index in [0.717, 1.165) is 11.1 Å². The van der Waals surface area contributed by atoms with Crippen LogP contribution >= 0.6 is 11.6 Å². The van der Waals surface area contributed by atoms with Crippen LogP contribution in [0.25, 0.3) is 0 Å². The first kappa shape index (κ1) is 20.6. The number of anilines is 1. The monoisotopic (exact) mass is 440 g/mol. The predicted molar refractivity (Wildman–Crippen MR) is 118 cm³/mol. The predicted octanol–water partition coefficient (Wildman–Crippen LogP) is 4.58. The van der Waals surface area contributed by atoms with Gasteiger partial charge in [0, 0.05) is 10.7 Å². The van der Waals surface area contributed by atoms with E-state index in [2.05, 4.69) is 10.0 Å². The second-order valence-corrected chi connectivity index (χ2v) is 9.77. The molecule has 3 aromatic carbocycles. The fourth-order valence-electron chi connectivity index (χ4n) is 3.82. The highest BCUT2D eigenvalue weighted by Crippen LogP contribution is 2.46. The molecule has 2 atom stereocenters. The second-order valence-electron chi connectivity index (χ2n) is 7.62. The Hall–Kier alpha value is -2.67. The number of rotatable bonds is 5. The van der Waals surface area contributed by atoms with Crippen LogP contribution in [0.2, 0.25) is 5.02 Å². The first-order valence-corrected chi connectivity index (χ1v) is 11.3. The van der Waals surface area contributed by atoms with Gasteiger partial charge in [0.15, 0.2) is 0 Å². The highest BCUT2D eigenvalue weighted by atomic mass is 35.5. The van der Waals surface area contributed by atoms with E-state index in [1.54, 1.807) is 55.5 Å². The molecule has 5 nitrogen and oxygen atoms in total. The van der Waals surface area contributed by atoms with Crippen LogP contribution in [0, 0.1) is 6.92 Å². The van der Waals surface area contributed by atoms with Crippen LogP contribution in [-0.2, 0) is 20.2 Å². The van der Waals surface area contributed by atoms with Crippen molar-refractivity contribution in [3.63, 3.8) is 0 Å². The summed E-state index contributed by atoms with van der Waals surface area (Å²) < 4.78 is 29.3. The van der Waals surface area contributed by atoms with Gasteiger partial charge >= 0.3 is 0 Å². The van der Waals surface area contributed by atoms with E-state index in [9.17, 15) is 13.2 Å². The zero-order valence-electron chi connectivity index (χ0n) is 16.5. The molecule has 7 heteroatoms. The van der Waals surface area contributed by atoms with Crippen LogP contribution in [-0.4, -0.2) is 14.3 Å². The van der Waals surface area contributed by atoms with Gasteiger partial charge in [-0.05, 0) is 55.3 Å². The standard InChI is InChI=1S/C23H21ClN2O3S/c1-15-7-13-18(14-8-15)30(28,29)26-21(16-9-11-17(24)12-10-16)23(2)19-5-3-4-6-20(19)25-22(23)27/h3-14,21,26H,1-2H3,(H,25,27)/t21-,23?/m1/s1. The molecule has 0 saturated heterocycles. The third-order valence-electron chi connectivity index (χ3n) is 5.59. The maximum atomic E-state index is 13.2. The summed E-state index contributed by atoms with van der Waals surface area (Å²) in [4.78, 5) is 13.3. The summed E-state index contributed by atoms with van der Waals surface area (Å²) in [5, 5.41) is 3.41. The lowest BCUT2D eigenvalue weighted by Crippen LogP contribution is -2.46. The zero-order chi connectivity index (χ0) is 21.5. The lowest BCUT2D eigenvalue weighted by atomic mass is 9.74. The van der Waals surface area contributed by atoms with Gasteiger partial charge in [-0.25, -0.2) is 13.1 Å². The molecule has 154 valence electrons. The largest absolute Gasteiger partial charge is 0.325 e. The van der Waals surface area contributed by atoms with Crippen molar-refractivity contribution in [1.82, 2.24) is 4.72 Å². The number of hydrogen-bond acceptors (Lipinski definition) is 3. The van der Waals surface area contributed by atoms with Gasteiger partial charge in [0.1, 0.15) is 0 Å². The number of benzene rings is 3. The molecule has 0 spiro atoms. The van der Waals surface area contributed by atoms with E-state index in [0.29, 0.717) is 16.3 Å². The Balaban J connectivity index is 1.85. The number of sulfonamides is 1. The van der Waals surface area contributed by atoms with E-state index in [4.69, 9.17) is 11.6 Å². The SMILES string of the molecule is Cc1ccc(S(=O)(=O)N[C@H](c2ccc(Cl)cc2)C2(C)C(=O)Nc3ccccc32)cc1. The minimum atomic E-state index is -3.90. The summed E-state index contributed by atoms with van der Waals surface area (Å²) in [6.45, 7) is 3.65. The van der Waals surface area contributed by atoms with E-state index >= 15 is 0 Å². The van der Waals surface area contributed by atoms with Gasteiger partial charge in [-0.1, -0.05) is 59.6 Å². The van der Waals surface area contributed by atoms with Crippen molar-refractivity contribution >= 4 is 33.2 Å². The molecule has 1 heterocycles. The van der Waals surface area contributed by atoms with Crippen molar-refractivity contribution in [2.24, 2.45) is 0 Å². The molecule has 3 aromatic rings. The number of carbonyl (C=O) groups is 1. The quantitative estimate of drug-likeness (QED) is 0.609. The number of aryl methyl sites for hydroxylation is 1. The number of amides is 1. The molecule has 0 radical (unpaired) electrons. The fraction of sp³-hybridized carbons (Fsp3) is 0.174. The van der Waals surface area contributed by atoms with Crippen molar-refractivity contribution in [2.45, 2.75) is 30.2 Å². The Labute approximate surface area is 181 Å². The fourth-order valence-corrected chi connectivity index (χ4v) is 5.26. The molecule has 2 N–H and O–H groups in total. The molecule has 30 heavy (non-hydrogen) atoms. The molecule has 0 fully saturated rings. The van der Waals surface area contributed by atoms with E-state index < -0.39 is 21.5 Å². The topological polar surface area (TPSA) is 75.3 Å². The van der Waals surface area contributed by atoms with Gasteiger partial charge < -0.3 is 5.32 Å². The van der Waals surface area contributed by atoms with Crippen LogP contribution in [0.3, 0.4) is 0 Å². The smallest absolute Gasteiger partial charge is 0.241 e. The third-order valence-corrected chi connectivity index (χ3v) is 7.28. The van der Waals surface area contributed by atoms with Crippen LogP contribution < -0.4 is 10.0 Å². The lowest BCUT2D eigenvalue weighted by molar-refractivity contribution is -0.121. The summed E-state index contributed by atoms with van der Waals surface area (Å²) in [6.07, 6.45) is 0. The number of fused-ring (bicyclic) bond motifs is 1. The van der Waals surface area contributed by atoms with Crippen molar-refractivity contribution < 1.29 is 13.2 Å². The molecule has 0 aromatic heterocycles. The Bertz CT molecular complexity index is 1210. The van der Waals surface area contributed by atoms with Gasteiger partial charge in [0.05, 0.1) is 16.4 Å². The maximum Gasteiger partial charge on any atom is 0.241 e. The minimum absolute atomic E-state index is 0.141. The van der Waals surface area contributed by atoms with E-state index in [1.165, 1.54) is 0 Å². The molecular weight excluding hydrogens is 420 g/mol. The minimum Gasteiger partial charge on any atom is -0.325 e. The summed E-state index contributed by atoms with van der Waals surface area (Å²) in [7, 11) is -3.90. The maximum absolute atomic E-state index is 13.2. The number of halogens is 1. The molecule has 1 unspecified atom stereocenters. The Kier molecular flexibility index (Phi) is 5.18. The highest BCUT2D eigenvalue weighted by Gasteiger charge is 2.50. The molecule has 1 amide bonds. The second kappa shape index (κ2) is 7.54. The number of carbonyl (C=O) groups excluding carboxylic acids is 1. The van der Waals surface area contributed by atoms with Crippen molar-refractivity contribution in [3.8, 4) is 0 Å². The van der Waals surface area contributed by atoms with Gasteiger partial charge in [-0.15, -0.1) is 0 Å². The van der Waals surface area contributed by atoms with Crippen molar-refractivity contribution in [3.05, 3.63) is 94.5 Å². The van der Waals surface area contributed by atoms with Crippen molar-refractivity contribution in [2.75, 3.05) is 5.32 Å². The summed E-state index contributed by atoms with van der Waals surface area (Å²) in [6, 6.07) is 19.9. The van der Waals surface area contributed by atoms with Gasteiger partial charge in [0.2, 0.25) is 15.9 Å². The Morgan fingerprint density at radius 2 is 1.60 bits per heavy atom. The number of hydrogen-bond donors (Lipinski definition) is 2. The lowest BCUT2D eigenvalue weighted by Gasteiger charge is -2.33. The summed E-state index contributed by atoms with van der Waals surface area (Å²) in [5.41, 5.74) is 1.87. The van der Waals surface area contributed by atoms with E-state index in [-0.39, 0.29) is 10.8 Å². The molecule has 4 rings (SSSR count). The average molecular weight is 441 g/mol. The molecular formula is C23H21ClN2O3S. The molecule has 1 aliphatic heterocycles. The zero-order valence-corrected chi connectivity index (χ0v) is 18.1. The van der Waals surface area contributed by atoms with Gasteiger partial charge in [0.25, 0.3) is 0 Å². The van der Waals surface area contributed by atoms with E-state index in [1.807, 2.05) is 31.2 Å². The van der Waals surface area contributed by atoms with Crippen molar-refractivity contribution in [1.29, 1.82) is 0 Å². The van der Waals surface area contributed by atoms with Crippen LogP contribution in [0.5, 0.6) is 0 Å². The third kappa shape index (κ3) is 3.51. The Morgan fingerprint density at radius 3 is 2.27 bits per heavy atom. The molecule has 0 aliphatic carbocycles. The number of nitrogens with one attached hydrogen (secondary N) is 2. The molecule has 1 aliphatic rings. The Morgan fingerprint density at radius 1 is 0.967 bits per heavy atom. The summed E-state index contributed by atoms with van der Waals surface area (Å²) >= 11 is 6.05. The number of para-hydroxylation sites is 1. The van der Waals surface area contributed by atoms with Crippen LogP contribution in [0.15, 0.2) is 77.7 Å². The normalized spacial score (nSPS) is 19.2. The summed E-state index contributed by atoms with van der Waals surface area (Å²) in [5.74, 6) is -0.268. The van der Waals surface area contributed by atoms with Crippen LogP contribution in [0.1, 0.15) is 29.7 Å². The molecule has 0 bridgehead atoms.